The summed E-state index contributed by atoms with van der Waals surface area (Å²) in [4.78, 5) is 30.2. The van der Waals surface area contributed by atoms with Crippen molar-refractivity contribution < 1.29 is 9.32 Å². The third kappa shape index (κ3) is 3.96. The number of thioether (sulfide) groups is 1. The highest BCUT2D eigenvalue weighted by Crippen LogP contribution is 2.25. The number of rotatable bonds is 5. The van der Waals surface area contributed by atoms with Gasteiger partial charge in [-0.25, -0.2) is 4.98 Å². The molecule has 4 aromatic rings. The van der Waals surface area contributed by atoms with Gasteiger partial charge in [0.15, 0.2) is 11.0 Å². The number of fused-ring (bicyclic) bond motifs is 1. The van der Waals surface area contributed by atoms with E-state index in [1.54, 1.807) is 17.6 Å². The molecule has 0 aliphatic rings. The summed E-state index contributed by atoms with van der Waals surface area (Å²) in [6.07, 6.45) is 0. The topological polar surface area (TPSA) is 90.0 Å². The molecule has 1 aromatic carbocycles. The summed E-state index contributed by atoms with van der Waals surface area (Å²) < 4.78 is 7.15. The van der Waals surface area contributed by atoms with Crippen LogP contribution in [0, 0.1) is 20.8 Å². The van der Waals surface area contributed by atoms with Crippen molar-refractivity contribution in [2.24, 2.45) is 0 Å². The summed E-state index contributed by atoms with van der Waals surface area (Å²) in [6.45, 7) is 5.68. The van der Waals surface area contributed by atoms with Crippen LogP contribution >= 0.6 is 23.1 Å². The van der Waals surface area contributed by atoms with E-state index in [1.807, 2.05) is 43.5 Å². The Bertz CT molecular complexity index is 1270. The first kappa shape index (κ1) is 19.4. The van der Waals surface area contributed by atoms with Crippen molar-refractivity contribution in [2.45, 2.75) is 25.9 Å². The van der Waals surface area contributed by atoms with Crippen LogP contribution in [0.1, 0.15) is 16.9 Å². The lowest BCUT2D eigenvalue weighted by atomic mass is 10.1. The van der Waals surface area contributed by atoms with Crippen LogP contribution in [0.2, 0.25) is 0 Å². The minimum Gasteiger partial charge on any atom is -0.360 e. The summed E-state index contributed by atoms with van der Waals surface area (Å²) in [5.41, 5.74) is 3.27. The van der Waals surface area contributed by atoms with Gasteiger partial charge in [0.1, 0.15) is 10.5 Å². The molecule has 4 rings (SSSR count). The predicted molar refractivity (Wildman–Crippen MR) is 115 cm³/mol. The highest BCUT2D eigenvalue weighted by molar-refractivity contribution is 7.99. The number of benzene rings is 1. The monoisotopic (exact) mass is 426 g/mol. The van der Waals surface area contributed by atoms with Gasteiger partial charge in [-0.2, -0.15) is 0 Å². The zero-order valence-electron chi connectivity index (χ0n) is 16.1. The number of amides is 1. The maximum Gasteiger partial charge on any atom is 0.276 e. The van der Waals surface area contributed by atoms with Crippen molar-refractivity contribution in [3.8, 4) is 5.69 Å². The van der Waals surface area contributed by atoms with Crippen LogP contribution in [0.15, 0.2) is 50.2 Å². The second-order valence-corrected chi connectivity index (χ2v) is 8.48. The minimum absolute atomic E-state index is 0.0822. The molecule has 0 unspecified atom stereocenters. The summed E-state index contributed by atoms with van der Waals surface area (Å²) in [5.74, 6) is 0.803. The van der Waals surface area contributed by atoms with E-state index in [0.29, 0.717) is 27.0 Å². The molecule has 0 bridgehead atoms. The highest BCUT2D eigenvalue weighted by atomic mass is 32.2. The Balaban J connectivity index is 1.70. The van der Waals surface area contributed by atoms with Gasteiger partial charge in [-0.15, -0.1) is 11.3 Å². The average Bonchev–Trinajstić information content (AvgIpc) is 3.31. The normalized spacial score (nSPS) is 11.1. The van der Waals surface area contributed by atoms with E-state index in [9.17, 15) is 9.59 Å². The fraction of sp³-hybridized carbons (Fsp3) is 0.200. The molecule has 0 fully saturated rings. The minimum atomic E-state index is -0.254. The highest BCUT2D eigenvalue weighted by Gasteiger charge is 2.17. The van der Waals surface area contributed by atoms with Gasteiger partial charge in [0.2, 0.25) is 5.91 Å². The Labute approximate surface area is 174 Å². The Kier molecular flexibility index (Phi) is 5.25. The molecular weight excluding hydrogens is 408 g/mol. The number of aromatic nitrogens is 3. The van der Waals surface area contributed by atoms with Crippen molar-refractivity contribution in [1.82, 2.24) is 14.7 Å². The van der Waals surface area contributed by atoms with Gasteiger partial charge < -0.3 is 9.84 Å². The molecule has 0 saturated heterocycles. The summed E-state index contributed by atoms with van der Waals surface area (Å²) in [7, 11) is 0. The van der Waals surface area contributed by atoms with Crippen LogP contribution in [0.3, 0.4) is 0 Å². The number of carbonyl (C=O) groups excluding carboxylic acids is 1. The second kappa shape index (κ2) is 7.84. The van der Waals surface area contributed by atoms with E-state index in [-0.39, 0.29) is 17.2 Å². The SMILES string of the molecule is Cc1ccc(C)c(-n2c(SCC(=O)Nc3cc(C)on3)nc3ccsc3c2=O)c1. The Morgan fingerprint density at radius 1 is 1.24 bits per heavy atom. The number of thiophene rings is 1. The van der Waals surface area contributed by atoms with E-state index in [4.69, 9.17) is 4.52 Å². The summed E-state index contributed by atoms with van der Waals surface area (Å²) >= 11 is 2.58. The van der Waals surface area contributed by atoms with E-state index in [2.05, 4.69) is 15.5 Å². The maximum absolute atomic E-state index is 13.2. The van der Waals surface area contributed by atoms with Crippen LogP contribution < -0.4 is 10.9 Å². The van der Waals surface area contributed by atoms with Crippen LogP contribution in [0.25, 0.3) is 15.9 Å². The molecule has 3 heterocycles. The van der Waals surface area contributed by atoms with Gasteiger partial charge in [0.05, 0.1) is 17.0 Å². The number of hydrogen-bond donors (Lipinski definition) is 1. The lowest BCUT2D eigenvalue weighted by Crippen LogP contribution is -2.23. The molecule has 148 valence electrons. The van der Waals surface area contributed by atoms with Gasteiger partial charge in [0, 0.05) is 6.07 Å². The molecule has 7 nitrogen and oxygen atoms in total. The van der Waals surface area contributed by atoms with Crippen molar-refractivity contribution in [3.05, 3.63) is 63.0 Å². The molecule has 0 atom stereocenters. The van der Waals surface area contributed by atoms with Gasteiger partial charge in [-0.3, -0.25) is 14.2 Å². The number of aryl methyl sites for hydroxylation is 3. The van der Waals surface area contributed by atoms with Crippen molar-refractivity contribution in [2.75, 3.05) is 11.1 Å². The molecule has 29 heavy (non-hydrogen) atoms. The van der Waals surface area contributed by atoms with E-state index >= 15 is 0 Å². The first-order chi connectivity index (χ1) is 13.9. The zero-order valence-corrected chi connectivity index (χ0v) is 17.7. The maximum atomic E-state index is 13.2. The quantitative estimate of drug-likeness (QED) is 0.382. The largest absolute Gasteiger partial charge is 0.360 e. The number of anilines is 1. The molecule has 3 aromatic heterocycles. The first-order valence-electron chi connectivity index (χ1n) is 8.86. The summed E-state index contributed by atoms with van der Waals surface area (Å²) in [5, 5.41) is 8.76. The van der Waals surface area contributed by atoms with Crippen molar-refractivity contribution >= 4 is 45.0 Å². The molecule has 1 amide bonds. The molecule has 0 radical (unpaired) electrons. The van der Waals surface area contributed by atoms with Crippen LogP contribution in [0.4, 0.5) is 5.82 Å². The van der Waals surface area contributed by atoms with Gasteiger partial charge in [0.25, 0.3) is 5.56 Å². The molecule has 9 heteroatoms. The Hall–Kier alpha value is -2.91. The molecule has 0 spiro atoms. The lowest BCUT2D eigenvalue weighted by Gasteiger charge is -2.14. The fourth-order valence-corrected chi connectivity index (χ4v) is 4.46. The number of nitrogens with one attached hydrogen (secondary N) is 1. The molecule has 0 aliphatic carbocycles. The van der Waals surface area contributed by atoms with E-state index in [1.165, 1.54) is 23.1 Å². The van der Waals surface area contributed by atoms with Gasteiger partial charge >= 0.3 is 0 Å². The number of nitrogens with zero attached hydrogens (tertiary/aromatic N) is 3. The molecule has 1 N–H and O–H groups in total. The van der Waals surface area contributed by atoms with Crippen LogP contribution in [-0.4, -0.2) is 26.4 Å². The predicted octanol–water partition coefficient (Wildman–Crippen LogP) is 4.09. The van der Waals surface area contributed by atoms with Gasteiger partial charge in [-0.05, 0) is 49.4 Å². The van der Waals surface area contributed by atoms with Gasteiger partial charge in [-0.1, -0.05) is 29.1 Å². The summed E-state index contributed by atoms with van der Waals surface area (Å²) in [6, 6.07) is 9.40. The number of hydrogen-bond acceptors (Lipinski definition) is 7. The lowest BCUT2D eigenvalue weighted by molar-refractivity contribution is -0.113. The molecule has 0 saturated carbocycles. The van der Waals surface area contributed by atoms with E-state index < -0.39 is 0 Å². The molecule has 0 aliphatic heterocycles. The standard InChI is InChI=1S/C20H18N4O3S2/c1-11-4-5-12(2)15(8-11)24-19(26)18-14(6-7-28-18)21-20(24)29-10-17(25)22-16-9-13(3)27-23-16/h4-9H,10H2,1-3H3,(H,22,23,25). The third-order valence-electron chi connectivity index (χ3n) is 4.28. The van der Waals surface area contributed by atoms with E-state index in [0.717, 1.165) is 16.8 Å². The average molecular weight is 427 g/mol. The second-order valence-electron chi connectivity index (χ2n) is 6.62. The fourth-order valence-electron chi connectivity index (χ4n) is 2.90. The smallest absolute Gasteiger partial charge is 0.276 e. The Morgan fingerprint density at radius 2 is 2.07 bits per heavy atom. The number of carbonyl (C=O) groups is 1. The van der Waals surface area contributed by atoms with Crippen molar-refractivity contribution in [1.29, 1.82) is 0 Å². The zero-order chi connectivity index (χ0) is 20.5. The molecular formula is C20H18N4O3S2. The third-order valence-corrected chi connectivity index (χ3v) is 6.11. The Morgan fingerprint density at radius 3 is 2.83 bits per heavy atom. The van der Waals surface area contributed by atoms with Crippen molar-refractivity contribution in [3.63, 3.8) is 0 Å². The van der Waals surface area contributed by atoms with Crippen LogP contribution in [-0.2, 0) is 4.79 Å². The first-order valence-corrected chi connectivity index (χ1v) is 10.7. The van der Waals surface area contributed by atoms with Crippen LogP contribution in [0.5, 0.6) is 0 Å².